The van der Waals surface area contributed by atoms with Gasteiger partial charge in [-0.1, -0.05) is 0 Å². The molecule has 0 atom stereocenters. The van der Waals surface area contributed by atoms with Gasteiger partial charge in [-0.05, 0) is 25.1 Å². The first-order valence-corrected chi connectivity index (χ1v) is 6.81. The van der Waals surface area contributed by atoms with E-state index in [1.165, 1.54) is 18.2 Å². The van der Waals surface area contributed by atoms with E-state index in [4.69, 9.17) is 10.9 Å². The normalized spacial score (nSPS) is 11.0. The van der Waals surface area contributed by atoms with Crippen molar-refractivity contribution in [2.75, 3.05) is 24.1 Å². The molecule has 1 aromatic rings. The minimum atomic E-state index is -3.82. The van der Waals surface area contributed by atoms with Gasteiger partial charge in [0.25, 0.3) is 0 Å². The maximum Gasteiger partial charge on any atom is 0.239 e. The topological polar surface area (TPSA) is 127 Å². The number of carbonyl (C=O) groups excluding carboxylic acids is 1. The number of likely N-dealkylation sites (N-methyl/N-ethyl adjacent to an activating group) is 1. The van der Waals surface area contributed by atoms with Crippen molar-refractivity contribution in [1.29, 1.82) is 0 Å². The Bertz CT molecular complexity index is 542. The lowest BCUT2D eigenvalue weighted by atomic mass is 10.3. The van der Waals surface area contributed by atoms with Gasteiger partial charge in [-0.3, -0.25) is 4.79 Å². The summed E-state index contributed by atoms with van der Waals surface area (Å²) in [6, 6.07) is 4.10. The minimum Gasteiger partial charge on any atom is -0.399 e. The fraction of sp³-hybridized carbons (Fsp3) is 0.300. The van der Waals surface area contributed by atoms with Crippen LogP contribution in [0.5, 0.6) is 0 Å². The van der Waals surface area contributed by atoms with Crippen molar-refractivity contribution in [2.45, 2.75) is 11.8 Å². The summed E-state index contributed by atoms with van der Waals surface area (Å²) in [4.78, 5) is 11.1. The zero-order valence-corrected chi connectivity index (χ0v) is 10.8. The van der Waals surface area contributed by atoms with Gasteiger partial charge in [0.1, 0.15) is 0 Å². The van der Waals surface area contributed by atoms with Crippen molar-refractivity contribution in [3.05, 3.63) is 18.2 Å². The van der Waals surface area contributed by atoms with Crippen molar-refractivity contribution in [1.82, 2.24) is 5.32 Å². The van der Waals surface area contributed by atoms with Crippen LogP contribution in [0.4, 0.5) is 11.4 Å². The van der Waals surface area contributed by atoms with Crippen molar-refractivity contribution < 1.29 is 13.2 Å². The molecule has 1 aromatic carbocycles. The number of primary sulfonamides is 1. The molecule has 0 saturated carbocycles. The van der Waals surface area contributed by atoms with Crippen LogP contribution in [0.3, 0.4) is 0 Å². The minimum absolute atomic E-state index is 0.0291. The highest BCUT2D eigenvalue weighted by atomic mass is 32.2. The third-order valence-electron chi connectivity index (χ3n) is 2.08. The molecule has 1 rings (SSSR count). The van der Waals surface area contributed by atoms with E-state index in [-0.39, 0.29) is 23.0 Å². The van der Waals surface area contributed by atoms with Gasteiger partial charge >= 0.3 is 0 Å². The fourth-order valence-corrected chi connectivity index (χ4v) is 1.92. The zero-order chi connectivity index (χ0) is 13.8. The first-order valence-electron chi connectivity index (χ1n) is 5.27. The average molecular weight is 272 g/mol. The molecular formula is C10H16N4O3S. The van der Waals surface area contributed by atoms with Gasteiger partial charge in [-0.2, -0.15) is 0 Å². The molecule has 0 spiro atoms. The molecule has 6 N–H and O–H groups in total. The largest absolute Gasteiger partial charge is 0.399 e. The quantitative estimate of drug-likeness (QED) is 0.535. The Labute approximate surface area is 106 Å². The number of hydrogen-bond acceptors (Lipinski definition) is 5. The van der Waals surface area contributed by atoms with Crippen LogP contribution in [0.2, 0.25) is 0 Å². The lowest BCUT2D eigenvalue weighted by Crippen LogP contribution is -2.29. The molecule has 0 heterocycles. The molecule has 0 unspecified atom stereocenters. The van der Waals surface area contributed by atoms with E-state index >= 15 is 0 Å². The van der Waals surface area contributed by atoms with E-state index in [9.17, 15) is 13.2 Å². The zero-order valence-electron chi connectivity index (χ0n) is 9.93. The van der Waals surface area contributed by atoms with Gasteiger partial charge in [0, 0.05) is 17.9 Å². The van der Waals surface area contributed by atoms with Crippen molar-refractivity contribution in [3.8, 4) is 0 Å². The Balaban J connectivity index is 2.84. The van der Waals surface area contributed by atoms with Crippen LogP contribution in [0.1, 0.15) is 6.92 Å². The Morgan fingerprint density at radius 1 is 1.33 bits per heavy atom. The predicted molar refractivity (Wildman–Crippen MR) is 69.4 cm³/mol. The van der Waals surface area contributed by atoms with Crippen LogP contribution < -0.4 is 21.5 Å². The van der Waals surface area contributed by atoms with Crippen LogP contribution in [-0.4, -0.2) is 27.4 Å². The number of carbonyl (C=O) groups is 1. The second kappa shape index (κ2) is 5.69. The highest BCUT2D eigenvalue weighted by molar-refractivity contribution is 7.89. The van der Waals surface area contributed by atoms with E-state index in [1.54, 1.807) is 6.92 Å². The van der Waals surface area contributed by atoms with Crippen LogP contribution in [0.15, 0.2) is 23.1 Å². The Morgan fingerprint density at radius 2 is 2.00 bits per heavy atom. The molecule has 7 nitrogen and oxygen atoms in total. The molecule has 0 saturated heterocycles. The number of nitrogens with two attached hydrogens (primary N) is 2. The standard InChI is InChI=1S/C10H16N4O3S/c1-2-13-10(15)6-14-8-3-7(11)4-9(5-8)18(12,16)17/h3-5,14H,2,6,11H2,1H3,(H,13,15)(H2,12,16,17). The fourth-order valence-electron chi connectivity index (χ4n) is 1.33. The summed E-state index contributed by atoms with van der Waals surface area (Å²) in [7, 11) is -3.82. The molecule has 0 fully saturated rings. The summed E-state index contributed by atoms with van der Waals surface area (Å²) in [5.74, 6) is -0.197. The second-order valence-electron chi connectivity index (χ2n) is 3.64. The second-order valence-corrected chi connectivity index (χ2v) is 5.20. The smallest absolute Gasteiger partial charge is 0.239 e. The number of hydrogen-bond donors (Lipinski definition) is 4. The molecule has 0 bridgehead atoms. The number of nitrogens with one attached hydrogen (secondary N) is 2. The van der Waals surface area contributed by atoms with Gasteiger partial charge in [0.2, 0.25) is 15.9 Å². The predicted octanol–water partition coefficient (Wildman–Crippen LogP) is -0.536. The lowest BCUT2D eigenvalue weighted by molar-refractivity contribution is -0.119. The molecule has 18 heavy (non-hydrogen) atoms. The molecule has 1 amide bonds. The summed E-state index contributed by atoms with van der Waals surface area (Å²) in [6.45, 7) is 2.36. The van der Waals surface area contributed by atoms with E-state index in [0.717, 1.165) is 0 Å². The Kier molecular flexibility index (Phi) is 4.51. The van der Waals surface area contributed by atoms with Gasteiger partial charge in [-0.15, -0.1) is 0 Å². The van der Waals surface area contributed by atoms with Gasteiger partial charge < -0.3 is 16.4 Å². The van der Waals surface area contributed by atoms with Gasteiger partial charge in [0.05, 0.1) is 11.4 Å². The maximum atomic E-state index is 11.2. The van der Waals surface area contributed by atoms with Gasteiger partial charge in [0.15, 0.2) is 0 Å². The number of rotatable bonds is 5. The number of sulfonamides is 1. The summed E-state index contributed by atoms with van der Waals surface area (Å²) in [5.41, 5.74) is 6.23. The third-order valence-corrected chi connectivity index (χ3v) is 2.98. The van der Waals surface area contributed by atoms with Crippen LogP contribution in [0.25, 0.3) is 0 Å². The number of anilines is 2. The van der Waals surface area contributed by atoms with Crippen LogP contribution in [-0.2, 0) is 14.8 Å². The van der Waals surface area contributed by atoms with E-state index < -0.39 is 10.0 Å². The first-order chi connectivity index (χ1) is 8.32. The first kappa shape index (κ1) is 14.3. The van der Waals surface area contributed by atoms with Crippen molar-refractivity contribution >= 4 is 27.3 Å². The molecular weight excluding hydrogens is 256 g/mol. The maximum absolute atomic E-state index is 11.2. The Hall–Kier alpha value is -1.80. The molecule has 8 heteroatoms. The highest BCUT2D eigenvalue weighted by Gasteiger charge is 2.10. The van der Waals surface area contributed by atoms with Crippen LogP contribution in [0, 0.1) is 0 Å². The molecule has 0 aliphatic carbocycles. The van der Waals surface area contributed by atoms with Gasteiger partial charge in [-0.25, -0.2) is 13.6 Å². The molecule has 0 radical (unpaired) electrons. The lowest BCUT2D eigenvalue weighted by Gasteiger charge is -2.09. The summed E-state index contributed by atoms with van der Waals surface area (Å²) in [6.07, 6.45) is 0. The number of nitrogen functional groups attached to an aromatic ring is 1. The molecule has 0 aromatic heterocycles. The van der Waals surface area contributed by atoms with Crippen molar-refractivity contribution in [3.63, 3.8) is 0 Å². The Morgan fingerprint density at radius 3 is 2.56 bits per heavy atom. The van der Waals surface area contributed by atoms with E-state index in [1.807, 2.05) is 0 Å². The number of benzene rings is 1. The number of amides is 1. The molecule has 100 valence electrons. The average Bonchev–Trinajstić information content (AvgIpc) is 2.25. The summed E-state index contributed by atoms with van der Waals surface area (Å²) >= 11 is 0. The van der Waals surface area contributed by atoms with E-state index in [0.29, 0.717) is 12.2 Å². The third kappa shape index (κ3) is 4.22. The molecule has 0 aliphatic heterocycles. The van der Waals surface area contributed by atoms with E-state index in [2.05, 4.69) is 10.6 Å². The van der Waals surface area contributed by atoms with Crippen LogP contribution >= 0.6 is 0 Å². The summed E-state index contributed by atoms with van der Waals surface area (Å²) < 4.78 is 22.4. The molecule has 0 aliphatic rings. The monoisotopic (exact) mass is 272 g/mol. The SMILES string of the molecule is CCNC(=O)CNc1cc(N)cc(S(N)(=O)=O)c1. The van der Waals surface area contributed by atoms with Crippen molar-refractivity contribution in [2.24, 2.45) is 5.14 Å². The summed E-state index contributed by atoms with van der Waals surface area (Å²) in [5, 5.41) is 10.4. The highest BCUT2D eigenvalue weighted by Crippen LogP contribution is 2.19.